The first-order valence-corrected chi connectivity index (χ1v) is 36.4. The smallest absolute Gasteiger partial charge is 0.268 e. The quantitative estimate of drug-likeness (QED) is 0.0272. The second-order valence-electron chi connectivity index (χ2n) is 24.9. The maximum atomic E-state index is 13.0. The van der Waals surface area contributed by atoms with Crippen LogP contribution in [0.25, 0.3) is 0 Å². The normalized spacial score (nSPS) is 14.2. The summed E-state index contributed by atoms with van der Waals surface area (Å²) in [6.07, 6.45) is 89.5. The van der Waals surface area contributed by atoms with Gasteiger partial charge in [0.2, 0.25) is 5.91 Å². The van der Waals surface area contributed by atoms with E-state index in [4.69, 9.17) is 9.05 Å². The Balaban J connectivity index is 4.08. The molecule has 1 amide bonds. The van der Waals surface area contributed by atoms with Gasteiger partial charge in [0.25, 0.3) is 7.82 Å². The molecule has 0 aromatic heterocycles. The summed E-state index contributed by atoms with van der Waals surface area (Å²) in [4.78, 5) is 25.7. The summed E-state index contributed by atoms with van der Waals surface area (Å²) in [6.45, 7) is 4.62. The molecular formula is C73H135N2O6P. The molecule has 478 valence electrons. The molecule has 3 atom stereocenters. The maximum absolute atomic E-state index is 13.0. The fourth-order valence-electron chi connectivity index (χ4n) is 10.3. The predicted molar refractivity (Wildman–Crippen MR) is 357 cm³/mol. The number of carbonyl (C=O) groups excluding carboxylic acids is 1. The minimum Gasteiger partial charge on any atom is -0.756 e. The third kappa shape index (κ3) is 65.2. The van der Waals surface area contributed by atoms with Gasteiger partial charge in [0.15, 0.2) is 0 Å². The van der Waals surface area contributed by atoms with Gasteiger partial charge in [-0.2, -0.15) is 0 Å². The number of phosphoric ester groups is 1. The molecule has 0 spiro atoms. The number of aliphatic hydroxyl groups excluding tert-OH is 1. The van der Waals surface area contributed by atoms with Crippen molar-refractivity contribution in [1.82, 2.24) is 5.32 Å². The number of likely N-dealkylation sites (N-methyl/N-ethyl adjacent to an activating group) is 1. The molecule has 0 radical (unpaired) electrons. The van der Waals surface area contributed by atoms with E-state index in [0.29, 0.717) is 23.9 Å². The Labute approximate surface area is 509 Å². The van der Waals surface area contributed by atoms with Gasteiger partial charge in [-0.1, -0.05) is 330 Å². The van der Waals surface area contributed by atoms with Crippen molar-refractivity contribution in [2.75, 3.05) is 40.9 Å². The molecule has 0 aromatic rings. The molecule has 0 saturated heterocycles. The minimum absolute atomic E-state index is 0.00415. The summed E-state index contributed by atoms with van der Waals surface area (Å²) in [6, 6.07) is -0.820. The van der Waals surface area contributed by atoms with Crippen molar-refractivity contribution in [3.05, 3.63) is 85.1 Å². The number of hydrogen-bond acceptors (Lipinski definition) is 6. The highest BCUT2D eigenvalue weighted by Gasteiger charge is 2.24. The van der Waals surface area contributed by atoms with E-state index in [0.717, 1.165) is 103 Å². The van der Waals surface area contributed by atoms with Gasteiger partial charge in [-0.3, -0.25) is 9.36 Å². The van der Waals surface area contributed by atoms with Crippen molar-refractivity contribution in [3.8, 4) is 0 Å². The topological polar surface area (TPSA) is 108 Å². The Morgan fingerprint density at radius 2 is 0.744 bits per heavy atom. The number of amides is 1. The standard InChI is InChI=1S/C73H135N2O6P/c1-6-8-10-12-14-16-18-20-22-24-26-28-30-32-34-35-36-37-38-39-41-42-44-46-48-50-52-54-56-58-60-62-64-66-72(76)71(70-81-82(78,79)80-69-68-75(3,4)5)74-73(77)67-65-63-61-59-57-55-53-51-49-47-45-43-40-33-31-29-27-25-23-21-19-17-15-13-11-9-7-2/h9,11,15,17,21,23,27,29,33,40,45,47,51,53,71-72,76H,6-8,10,12-14,16,18-20,22,24-26,28,30-32,34-39,41-44,46,48-50,52,54-70H2,1-5H3,(H-,74,77,78,79)/b11-9-,17-15-,23-21-,29-27-,40-33-,47-45-,53-51-. The Morgan fingerprint density at radius 3 is 1.09 bits per heavy atom. The molecule has 3 unspecified atom stereocenters. The number of carbonyl (C=O) groups is 1. The maximum Gasteiger partial charge on any atom is 0.268 e. The lowest BCUT2D eigenvalue weighted by Crippen LogP contribution is -2.46. The molecule has 0 fully saturated rings. The molecular weight excluding hydrogens is 1030 g/mol. The lowest BCUT2D eigenvalue weighted by atomic mass is 10.0. The highest BCUT2D eigenvalue weighted by Crippen LogP contribution is 2.38. The first kappa shape index (κ1) is 79.7. The Kier molecular flexibility index (Phi) is 61.4. The zero-order valence-corrected chi connectivity index (χ0v) is 55.6. The number of rotatable bonds is 64. The van der Waals surface area contributed by atoms with Crippen molar-refractivity contribution in [1.29, 1.82) is 0 Å². The van der Waals surface area contributed by atoms with Crippen LogP contribution in [0.3, 0.4) is 0 Å². The van der Waals surface area contributed by atoms with Crippen LogP contribution in [0.2, 0.25) is 0 Å². The first-order valence-electron chi connectivity index (χ1n) is 34.9. The summed E-state index contributed by atoms with van der Waals surface area (Å²) in [5.74, 6) is -0.183. The fraction of sp³-hybridized carbons (Fsp3) is 0.795. The summed E-state index contributed by atoms with van der Waals surface area (Å²) in [5, 5.41) is 14.1. The van der Waals surface area contributed by atoms with Crippen molar-refractivity contribution >= 4 is 13.7 Å². The van der Waals surface area contributed by atoms with E-state index >= 15 is 0 Å². The molecule has 0 saturated carbocycles. The number of allylic oxidation sites excluding steroid dienone is 14. The van der Waals surface area contributed by atoms with E-state index < -0.39 is 20.0 Å². The number of unbranched alkanes of at least 4 members (excludes halogenated alkanes) is 37. The monoisotopic (exact) mass is 1170 g/mol. The van der Waals surface area contributed by atoms with Crippen LogP contribution < -0.4 is 10.2 Å². The molecule has 0 aliphatic rings. The van der Waals surface area contributed by atoms with Crippen molar-refractivity contribution in [2.45, 2.75) is 334 Å². The SMILES string of the molecule is CC/C=C\C/C=C\C/C=C\C/C=C\C/C=C\C/C=C\C/C=C\CCCCCCCC(=O)NC(COP(=O)([O-])OCC[N+](C)(C)C)C(O)CCCCCCCCCCCCCCCCCCCCCCCCCCCCCCCCCCC. The Bertz CT molecular complexity index is 1610. The molecule has 0 rings (SSSR count). The van der Waals surface area contributed by atoms with Gasteiger partial charge in [-0.25, -0.2) is 0 Å². The van der Waals surface area contributed by atoms with Crippen LogP contribution >= 0.6 is 7.82 Å². The number of quaternary nitrogens is 1. The molecule has 0 aliphatic heterocycles. The lowest BCUT2D eigenvalue weighted by molar-refractivity contribution is -0.870. The average Bonchev–Trinajstić information content (AvgIpc) is 3.45. The molecule has 0 bridgehead atoms. The number of nitrogens with zero attached hydrogens (tertiary/aromatic N) is 1. The highest BCUT2D eigenvalue weighted by atomic mass is 31.2. The second-order valence-corrected chi connectivity index (χ2v) is 26.3. The van der Waals surface area contributed by atoms with Crippen LogP contribution in [0.5, 0.6) is 0 Å². The summed E-state index contributed by atoms with van der Waals surface area (Å²) in [7, 11) is 1.29. The predicted octanol–water partition coefficient (Wildman–Crippen LogP) is 21.7. The van der Waals surface area contributed by atoms with E-state index in [2.05, 4.69) is 104 Å². The Morgan fingerprint density at radius 1 is 0.439 bits per heavy atom. The zero-order chi connectivity index (χ0) is 59.8. The highest BCUT2D eigenvalue weighted by molar-refractivity contribution is 7.45. The minimum atomic E-state index is -4.59. The molecule has 8 nitrogen and oxygen atoms in total. The van der Waals surface area contributed by atoms with E-state index in [9.17, 15) is 19.4 Å². The van der Waals surface area contributed by atoms with Crippen LogP contribution in [0, 0.1) is 0 Å². The van der Waals surface area contributed by atoms with Gasteiger partial charge in [-0.15, -0.1) is 0 Å². The third-order valence-electron chi connectivity index (χ3n) is 15.6. The van der Waals surface area contributed by atoms with Crippen LogP contribution in [0.4, 0.5) is 0 Å². The van der Waals surface area contributed by atoms with Crippen molar-refractivity contribution in [2.24, 2.45) is 0 Å². The number of aliphatic hydroxyl groups is 1. The molecule has 82 heavy (non-hydrogen) atoms. The summed E-state index contributed by atoms with van der Waals surface area (Å²) in [5.41, 5.74) is 0. The molecule has 9 heteroatoms. The van der Waals surface area contributed by atoms with E-state index in [1.807, 2.05) is 21.1 Å². The van der Waals surface area contributed by atoms with Crippen LogP contribution in [0.1, 0.15) is 322 Å². The Hall–Kier alpha value is -2.32. The largest absolute Gasteiger partial charge is 0.756 e. The van der Waals surface area contributed by atoms with Gasteiger partial charge >= 0.3 is 0 Å². The average molecular weight is 1170 g/mol. The van der Waals surface area contributed by atoms with Gasteiger partial charge in [0, 0.05) is 6.42 Å². The molecule has 0 heterocycles. The third-order valence-corrected chi connectivity index (χ3v) is 16.6. The van der Waals surface area contributed by atoms with Crippen molar-refractivity contribution < 1.29 is 32.9 Å². The first-order chi connectivity index (χ1) is 40.0. The van der Waals surface area contributed by atoms with Gasteiger partial charge in [-0.05, 0) is 70.6 Å². The zero-order valence-electron chi connectivity index (χ0n) is 54.7. The van der Waals surface area contributed by atoms with Crippen LogP contribution in [0.15, 0.2) is 85.1 Å². The van der Waals surface area contributed by atoms with E-state index in [1.54, 1.807) is 0 Å². The molecule has 0 aromatic carbocycles. The summed E-state index contributed by atoms with van der Waals surface area (Å²) >= 11 is 0. The van der Waals surface area contributed by atoms with Gasteiger partial charge in [0.05, 0.1) is 39.9 Å². The molecule has 0 aliphatic carbocycles. The van der Waals surface area contributed by atoms with Gasteiger partial charge < -0.3 is 28.8 Å². The van der Waals surface area contributed by atoms with E-state index in [1.165, 1.54) is 193 Å². The van der Waals surface area contributed by atoms with Gasteiger partial charge in [0.1, 0.15) is 13.2 Å². The van der Waals surface area contributed by atoms with Crippen LogP contribution in [-0.4, -0.2) is 68.5 Å². The number of hydrogen-bond donors (Lipinski definition) is 2. The van der Waals surface area contributed by atoms with Crippen LogP contribution in [-0.2, 0) is 18.4 Å². The second kappa shape index (κ2) is 63.2. The van der Waals surface area contributed by atoms with E-state index in [-0.39, 0.29) is 19.1 Å². The number of nitrogens with one attached hydrogen (secondary N) is 1. The summed E-state index contributed by atoms with van der Waals surface area (Å²) < 4.78 is 23.5. The fourth-order valence-corrected chi connectivity index (χ4v) is 11.0. The number of phosphoric acid groups is 1. The lowest BCUT2D eigenvalue weighted by Gasteiger charge is -2.30. The molecule has 2 N–H and O–H groups in total. The van der Waals surface area contributed by atoms with Crippen molar-refractivity contribution in [3.63, 3.8) is 0 Å².